The molecule has 6 rings (SSSR count). The molecule has 8 heteroatoms. The number of hydrogen-bond acceptors (Lipinski definition) is 8. The van der Waals surface area contributed by atoms with Crippen LogP contribution in [-0.4, -0.2) is 48.2 Å². The number of benzene rings is 2. The molecule has 0 bridgehead atoms. The second-order valence-corrected chi connectivity index (χ2v) is 7.46. The molecular formula is C20H18O8. The van der Waals surface area contributed by atoms with Gasteiger partial charge in [0.25, 0.3) is 0 Å². The smallest absolute Gasteiger partial charge is 0.231 e. The van der Waals surface area contributed by atoms with E-state index in [1.165, 1.54) is 0 Å². The molecule has 2 N–H and O–H groups in total. The van der Waals surface area contributed by atoms with Gasteiger partial charge < -0.3 is 38.6 Å². The first-order chi connectivity index (χ1) is 13.6. The fraction of sp³-hybridized carbons (Fsp3) is 0.400. The number of ether oxygens (including phenoxy) is 6. The van der Waals surface area contributed by atoms with Crippen LogP contribution in [0.4, 0.5) is 0 Å². The van der Waals surface area contributed by atoms with Crippen molar-refractivity contribution in [3.05, 3.63) is 47.5 Å². The first kappa shape index (κ1) is 16.4. The van der Waals surface area contributed by atoms with Crippen molar-refractivity contribution >= 4 is 0 Å². The molecule has 4 aliphatic heterocycles. The number of fused-ring (bicyclic) bond motifs is 3. The Morgan fingerprint density at radius 2 is 1.07 bits per heavy atom. The predicted molar refractivity (Wildman–Crippen MR) is 92.4 cm³/mol. The van der Waals surface area contributed by atoms with Crippen LogP contribution in [-0.2, 0) is 9.47 Å². The van der Waals surface area contributed by atoms with Crippen molar-refractivity contribution in [3.8, 4) is 23.0 Å². The Balaban J connectivity index is 1.35. The van der Waals surface area contributed by atoms with Gasteiger partial charge in [0.15, 0.2) is 34.2 Å². The molecule has 2 aromatic rings. The van der Waals surface area contributed by atoms with Crippen LogP contribution in [0.2, 0.25) is 0 Å². The van der Waals surface area contributed by atoms with Crippen molar-refractivity contribution < 1.29 is 38.6 Å². The van der Waals surface area contributed by atoms with Crippen molar-refractivity contribution in [1.29, 1.82) is 0 Å². The highest BCUT2D eigenvalue weighted by Gasteiger charge is 2.69. The highest BCUT2D eigenvalue weighted by Crippen LogP contribution is 2.56. The lowest BCUT2D eigenvalue weighted by Crippen LogP contribution is -2.54. The molecule has 0 aromatic heterocycles. The molecule has 4 atom stereocenters. The first-order valence-electron chi connectivity index (χ1n) is 9.06. The summed E-state index contributed by atoms with van der Waals surface area (Å²) >= 11 is 0. The van der Waals surface area contributed by atoms with Crippen molar-refractivity contribution in [2.75, 3.05) is 26.8 Å². The maximum atomic E-state index is 11.4. The third kappa shape index (κ3) is 2.03. The molecule has 146 valence electrons. The molecule has 0 aliphatic carbocycles. The molecule has 0 saturated carbocycles. The van der Waals surface area contributed by atoms with Crippen LogP contribution in [0, 0.1) is 0 Å². The zero-order valence-corrected chi connectivity index (χ0v) is 14.8. The second-order valence-electron chi connectivity index (χ2n) is 7.46. The maximum Gasteiger partial charge on any atom is 0.231 e. The first-order valence-corrected chi connectivity index (χ1v) is 9.06. The summed E-state index contributed by atoms with van der Waals surface area (Å²) in [4.78, 5) is 0. The standard InChI is InChI=1S/C20H18O8/c21-19-7-24-18(12-2-4-14-16(6-12)28-10-26-14)20(19,22)8-23-17(19)11-1-3-13-15(5-11)27-9-25-13/h1-6,17-18,21-22H,7-10H2/t17-,18-,19+,20+/m1/s1. The minimum absolute atomic E-state index is 0.0677. The molecule has 2 aromatic carbocycles. The molecular weight excluding hydrogens is 368 g/mol. The normalized spacial score (nSPS) is 34.6. The zero-order chi connectivity index (χ0) is 18.9. The maximum absolute atomic E-state index is 11.4. The van der Waals surface area contributed by atoms with Gasteiger partial charge in [-0.3, -0.25) is 0 Å². The summed E-state index contributed by atoms with van der Waals surface area (Å²) in [6.07, 6.45) is -1.52. The third-order valence-corrected chi connectivity index (χ3v) is 5.96. The van der Waals surface area contributed by atoms with Crippen LogP contribution in [0.1, 0.15) is 23.3 Å². The van der Waals surface area contributed by atoms with E-state index < -0.39 is 23.4 Å². The second kappa shape index (κ2) is 5.51. The van der Waals surface area contributed by atoms with E-state index in [0.29, 0.717) is 34.1 Å². The lowest BCUT2D eigenvalue weighted by Gasteiger charge is -2.34. The van der Waals surface area contributed by atoms with E-state index in [-0.39, 0.29) is 26.8 Å². The minimum atomic E-state index is -1.61. The quantitative estimate of drug-likeness (QED) is 0.801. The summed E-state index contributed by atoms with van der Waals surface area (Å²) in [7, 11) is 0. The van der Waals surface area contributed by atoms with Crippen molar-refractivity contribution in [2.24, 2.45) is 0 Å². The molecule has 4 heterocycles. The van der Waals surface area contributed by atoms with E-state index in [0.717, 1.165) is 0 Å². The van der Waals surface area contributed by atoms with Gasteiger partial charge >= 0.3 is 0 Å². The van der Waals surface area contributed by atoms with E-state index in [4.69, 9.17) is 28.4 Å². The van der Waals surface area contributed by atoms with E-state index >= 15 is 0 Å². The molecule has 2 fully saturated rings. The van der Waals surface area contributed by atoms with Crippen LogP contribution in [0.15, 0.2) is 36.4 Å². The monoisotopic (exact) mass is 386 g/mol. The number of rotatable bonds is 2. The molecule has 8 nitrogen and oxygen atoms in total. The summed E-state index contributed by atoms with van der Waals surface area (Å²) in [6.45, 7) is 0.186. The van der Waals surface area contributed by atoms with E-state index in [9.17, 15) is 10.2 Å². The largest absolute Gasteiger partial charge is 0.454 e. The van der Waals surface area contributed by atoms with Crippen molar-refractivity contribution in [3.63, 3.8) is 0 Å². The molecule has 0 unspecified atom stereocenters. The van der Waals surface area contributed by atoms with Gasteiger partial charge in [0.2, 0.25) is 13.6 Å². The average molecular weight is 386 g/mol. The summed E-state index contributed by atoms with van der Waals surface area (Å²) in [5.74, 6) is 2.47. The topological polar surface area (TPSA) is 95.8 Å². The van der Waals surface area contributed by atoms with Gasteiger partial charge in [-0.25, -0.2) is 0 Å². The van der Waals surface area contributed by atoms with Gasteiger partial charge in [0.05, 0.1) is 13.2 Å². The summed E-state index contributed by atoms with van der Waals surface area (Å²) in [5.41, 5.74) is -1.83. The van der Waals surface area contributed by atoms with Gasteiger partial charge in [0.1, 0.15) is 12.2 Å². The Kier molecular flexibility index (Phi) is 3.24. The molecule has 0 spiro atoms. The van der Waals surface area contributed by atoms with E-state index in [2.05, 4.69) is 0 Å². The van der Waals surface area contributed by atoms with Crippen LogP contribution in [0.3, 0.4) is 0 Å². The highest BCUT2D eigenvalue weighted by atomic mass is 16.7. The van der Waals surface area contributed by atoms with E-state index in [1.807, 2.05) is 0 Å². The van der Waals surface area contributed by atoms with Crippen LogP contribution < -0.4 is 18.9 Å². The Bertz CT molecular complexity index is 884. The molecule has 0 radical (unpaired) electrons. The van der Waals surface area contributed by atoms with E-state index in [1.54, 1.807) is 36.4 Å². The van der Waals surface area contributed by atoms with Gasteiger partial charge in [-0.2, -0.15) is 0 Å². The third-order valence-electron chi connectivity index (χ3n) is 5.96. The Morgan fingerprint density at radius 1 is 0.643 bits per heavy atom. The van der Waals surface area contributed by atoms with Crippen molar-refractivity contribution in [2.45, 2.75) is 23.4 Å². The van der Waals surface area contributed by atoms with Gasteiger partial charge in [0, 0.05) is 0 Å². The van der Waals surface area contributed by atoms with Crippen LogP contribution in [0.25, 0.3) is 0 Å². The van der Waals surface area contributed by atoms with Crippen LogP contribution >= 0.6 is 0 Å². The Labute approximate surface area is 160 Å². The van der Waals surface area contributed by atoms with Gasteiger partial charge in [-0.15, -0.1) is 0 Å². The lowest BCUT2D eigenvalue weighted by molar-refractivity contribution is -0.113. The lowest BCUT2D eigenvalue weighted by atomic mass is 9.77. The summed E-state index contributed by atoms with van der Waals surface area (Å²) < 4.78 is 33.3. The molecule has 2 saturated heterocycles. The average Bonchev–Trinajstić information content (AvgIpc) is 3.43. The molecule has 28 heavy (non-hydrogen) atoms. The highest BCUT2D eigenvalue weighted by molar-refractivity contribution is 5.48. The molecule has 4 aliphatic rings. The summed E-state index contributed by atoms with van der Waals surface area (Å²) in [6, 6.07) is 10.7. The Morgan fingerprint density at radius 3 is 1.54 bits per heavy atom. The number of hydrogen-bond donors (Lipinski definition) is 2. The van der Waals surface area contributed by atoms with Gasteiger partial charge in [-0.05, 0) is 35.4 Å². The fourth-order valence-corrected chi connectivity index (χ4v) is 4.45. The SMILES string of the molecule is O[C@]12CO[C@H](c3ccc4c(c3)OCO4)[C@@]1(O)CO[C@@H]2c1ccc2c(c1)OCO2. The number of aliphatic hydroxyl groups is 2. The fourth-order valence-electron chi connectivity index (χ4n) is 4.45. The summed E-state index contributed by atoms with van der Waals surface area (Å²) in [5, 5.41) is 22.9. The zero-order valence-electron chi connectivity index (χ0n) is 14.8. The van der Waals surface area contributed by atoms with Gasteiger partial charge in [-0.1, -0.05) is 12.1 Å². The van der Waals surface area contributed by atoms with Crippen LogP contribution in [0.5, 0.6) is 23.0 Å². The minimum Gasteiger partial charge on any atom is -0.454 e. The van der Waals surface area contributed by atoms with Crippen molar-refractivity contribution in [1.82, 2.24) is 0 Å². The molecule has 0 amide bonds. The predicted octanol–water partition coefficient (Wildman–Crippen LogP) is 1.45. The Hall–Kier alpha value is -2.52.